The molecule has 0 N–H and O–H groups in total. The molecular weight excluding hydrogens is 259 g/mol. The van der Waals surface area contributed by atoms with E-state index in [1.807, 2.05) is 18.2 Å². The first-order chi connectivity index (χ1) is 10.2. The van der Waals surface area contributed by atoms with Crippen molar-refractivity contribution < 1.29 is 4.39 Å². The zero-order chi connectivity index (χ0) is 14.8. The highest BCUT2D eigenvalue weighted by Crippen LogP contribution is 2.34. The first kappa shape index (κ1) is 13.8. The minimum Gasteiger partial charge on any atom is -0.207 e. The Labute approximate surface area is 125 Å². The van der Waals surface area contributed by atoms with E-state index >= 15 is 0 Å². The van der Waals surface area contributed by atoms with Gasteiger partial charge in [0.05, 0.1) is 0 Å². The lowest BCUT2D eigenvalue weighted by Gasteiger charge is -2.25. The lowest BCUT2D eigenvalue weighted by atomic mass is 9.79. The molecule has 2 aromatic carbocycles. The Kier molecular flexibility index (Phi) is 3.74. The normalized spacial score (nSPS) is 17.1. The van der Waals surface area contributed by atoms with Crippen LogP contribution in [0.3, 0.4) is 0 Å². The number of benzene rings is 2. The van der Waals surface area contributed by atoms with Crippen LogP contribution in [0.15, 0.2) is 49.6 Å². The predicted molar refractivity (Wildman–Crippen MR) is 87.8 cm³/mol. The van der Waals surface area contributed by atoms with Crippen LogP contribution in [0, 0.1) is 5.82 Å². The smallest absolute Gasteiger partial charge is 0.127 e. The Hall–Kier alpha value is -2.15. The molecule has 1 atom stereocenters. The van der Waals surface area contributed by atoms with Gasteiger partial charge in [-0.2, -0.15) is 0 Å². The Morgan fingerprint density at radius 2 is 1.67 bits per heavy atom. The van der Waals surface area contributed by atoms with Crippen LogP contribution in [-0.2, 0) is 12.8 Å². The minimum atomic E-state index is -0.108. The molecule has 0 spiro atoms. The van der Waals surface area contributed by atoms with Gasteiger partial charge in [-0.15, -0.1) is 0 Å². The molecule has 0 bridgehead atoms. The summed E-state index contributed by atoms with van der Waals surface area (Å²) in [6.07, 6.45) is 6.47. The van der Waals surface area contributed by atoms with E-state index in [-0.39, 0.29) is 11.7 Å². The van der Waals surface area contributed by atoms with E-state index in [0.717, 1.165) is 36.0 Å². The first-order valence-corrected chi connectivity index (χ1v) is 7.37. The summed E-state index contributed by atoms with van der Waals surface area (Å²) in [5, 5.41) is 0. The molecule has 0 nitrogen and oxygen atoms in total. The molecule has 1 heteroatoms. The molecule has 106 valence electrons. The third-order valence-electron chi connectivity index (χ3n) is 4.39. The van der Waals surface area contributed by atoms with E-state index < -0.39 is 0 Å². The summed E-state index contributed by atoms with van der Waals surface area (Å²) < 4.78 is 14.3. The summed E-state index contributed by atoms with van der Waals surface area (Å²) in [5.41, 5.74) is 5.55. The quantitative estimate of drug-likeness (QED) is 0.706. The van der Waals surface area contributed by atoms with Gasteiger partial charge in [0.15, 0.2) is 0 Å². The van der Waals surface area contributed by atoms with Crippen LogP contribution in [0.2, 0.25) is 0 Å². The Morgan fingerprint density at radius 3 is 2.38 bits per heavy atom. The van der Waals surface area contributed by atoms with Crippen LogP contribution in [0.5, 0.6) is 0 Å². The van der Waals surface area contributed by atoms with Gasteiger partial charge in [-0.3, -0.25) is 0 Å². The van der Waals surface area contributed by atoms with Crippen molar-refractivity contribution >= 4 is 12.2 Å². The van der Waals surface area contributed by atoms with E-state index in [0.29, 0.717) is 0 Å². The maximum absolute atomic E-state index is 14.3. The van der Waals surface area contributed by atoms with Crippen LogP contribution in [0.4, 0.5) is 4.39 Å². The van der Waals surface area contributed by atoms with E-state index in [9.17, 15) is 4.39 Å². The average molecular weight is 278 g/mol. The summed E-state index contributed by atoms with van der Waals surface area (Å²) in [6, 6.07) is 11.9. The van der Waals surface area contributed by atoms with Crippen molar-refractivity contribution in [2.45, 2.75) is 25.2 Å². The summed E-state index contributed by atoms with van der Waals surface area (Å²) in [6.45, 7) is 7.50. The van der Waals surface area contributed by atoms with Gasteiger partial charge in [-0.1, -0.05) is 55.6 Å². The van der Waals surface area contributed by atoms with E-state index in [1.165, 1.54) is 11.1 Å². The molecule has 1 unspecified atom stereocenters. The number of hydrogen-bond acceptors (Lipinski definition) is 0. The van der Waals surface area contributed by atoms with Gasteiger partial charge in [0.2, 0.25) is 0 Å². The second-order valence-electron chi connectivity index (χ2n) is 5.66. The predicted octanol–water partition coefficient (Wildman–Crippen LogP) is 5.38. The van der Waals surface area contributed by atoms with Crippen molar-refractivity contribution in [1.82, 2.24) is 0 Å². The monoisotopic (exact) mass is 278 g/mol. The van der Waals surface area contributed by atoms with Crippen LogP contribution >= 0.6 is 0 Å². The number of hydrogen-bond donors (Lipinski definition) is 0. The highest BCUT2D eigenvalue weighted by Gasteiger charge is 2.22. The molecule has 0 aromatic heterocycles. The Bertz CT molecular complexity index is 697. The van der Waals surface area contributed by atoms with Gasteiger partial charge in [0, 0.05) is 0 Å². The second kappa shape index (κ2) is 5.69. The zero-order valence-corrected chi connectivity index (χ0v) is 12.1. The molecule has 0 radical (unpaired) electrons. The molecule has 1 aliphatic carbocycles. The van der Waals surface area contributed by atoms with Gasteiger partial charge >= 0.3 is 0 Å². The summed E-state index contributed by atoms with van der Waals surface area (Å²) in [7, 11) is 0. The largest absolute Gasteiger partial charge is 0.207 e. The average Bonchev–Trinajstić information content (AvgIpc) is 2.53. The van der Waals surface area contributed by atoms with Crippen molar-refractivity contribution in [3.63, 3.8) is 0 Å². The number of aryl methyl sites for hydroxylation is 1. The van der Waals surface area contributed by atoms with Crippen molar-refractivity contribution in [1.29, 1.82) is 0 Å². The molecule has 0 aliphatic heterocycles. The van der Waals surface area contributed by atoms with Gasteiger partial charge < -0.3 is 0 Å². The molecule has 2 aromatic rings. The van der Waals surface area contributed by atoms with Crippen molar-refractivity contribution in [3.05, 3.63) is 83.2 Å². The number of fused-ring (bicyclic) bond motifs is 1. The lowest BCUT2D eigenvalue weighted by Crippen LogP contribution is -2.14. The molecule has 21 heavy (non-hydrogen) atoms. The number of halogens is 1. The molecule has 3 rings (SSSR count). The fraction of sp³-hybridized carbons (Fsp3) is 0.200. The van der Waals surface area contributed by atoms with Crippen molar-refractivity contribution in [3.8, 4) is 0 Å². The van der Waals surface area contributed by atoms with Crippen molar-refractivity contribution in [2.24, 2.45) is 0 Å². The zero-order valence-electron chi connectivity index (χ0n) is 12.1. The molecule has 0 saturated heterocycles. The molecule has 0 saturated carbocycles. The summed E-state index contributed by atoms with van der Waals surface area (Å²) >= 11 is 0. The van der Waals surface area contributed by atoms with Crippen LogP contribution in [0.25, 0.3) is 12.2 Å². The Balaban J connectivity index is 1.89. The van der Waals surface area contributed by atoms with E-state index in [1.54, 1.807) is 12.1 Å². The molecular formula is C20H19F. The highest BCUT2D eigenvalue weighted by atomic mass is 19.1. The molecule has 1 aliphatic rings. The standard InChI is InChI=1S/C20H19F/c1-3-14-5-7-17-13-18(9-8-16(17)11-14)19-10-6-15(4-2)12-20(19)21/h3-7,10-12,18H,1-2,8-9,13H2. The fourth-order valence-electron chi connectivity index (χ4n) is 3.17. The third kappa shape index (κ3) is 2.69. The third-order valence-corrected chi connectivity index (χ3v) is 4.39. The van der Waals surface area contributed by atoms with Crippen LogP contribution < -0.4 is 0 Å². The Morgan fingerprint density at radius 1 is 0.952 bits per heavy atom. The topological polar surface area (TPSA) is 0 Å². The molecule has 0 heterocycles. The first-order valence-electron chi connectivity index (χ1n) is 7.37. The molecule has 0 amide bonds. The highest BCUT2D eigenvalue weighted by molar-refractivity contribution is 5.51. The summed E-state index contributed by atoms with van der Waals surface area (Å²) in [4.78, 5) is 0. The second-order valence-corrected chi connectivity index (χ2v) is 5.66. The van der Waals surface area contributed by atoms with E-state index in [4.69, 9.17) is 0 Å². The van der Waals surface area contributed by atoms with Gasteiger partial charge in [0.1, 0.15) is 5.82 Å². The number of rotatable bonds is 3. The maximum atomic E-state index is 14.3. The van der Waals surface area contributed by atoms with Crippen LogP contribution in [0.1, 0.15) is 40.2 Å². The lowest BCUT2D eigenvalue weighted by molar-refractivity contribution is 0.534. The SMILES string of the molecule is C=Cc1ccc(C2CCc3cc(C=C)ccc3C2)c(F)c1. The van der Waals surface area contributed by atoms with Gasteiger partial charge in [-0.25, -0.2) is 4.39 Å². The summed E-state index contributed by atoms with van der Waals surface area (Å²) in [5.74, 6) is 0.162. The van der Waals surface area contributed by atoms with Gasteiger partial charge in [0.25, 0.3) is 0 Å². The minimum absolute atomic E-state index is 0.108. The van der Waals surface area contributed by atoms with Crippen LogP contribution in [-0.4, -0.2) is 0 Å². The molecule has 0 fully saturated rings. The van der Waals surface area contributed by atoms with Gasteiger partial charge in [-0.05, 0) is 59.1 Å². The maximum Gasteiger partial charge on any atom is 0.127 e. The van der Waals surface area contributed by atoms with Crippen molar-refractivity contribution in [2.75, 3.05) is 0 Å². The van der Waals surface area contributed by atoms with E-state index in [2.05, 4.69) is 31.4 Å². The fourth-order valence-corrected chi connectivity index (χ4v) is 3.17.